The van der Waals surface area contributed by atoms with Gasteiger partial charge < -0.3 is 4.74 Å². The molecule has 0 amide bonds. The number of carbonyl (C=O) groups is 1. The van der Waals surface area contributed by atoms with Gasteiger partial charge >= 0.3 is 5.97 Å². The lowest BCUT2D eigenvalue weighted by Gasteiger charge is -2.06. The second-order valence-electron chi connectivity index (χ2n) is 4.39. The van der Waals surface area contributed by atoms with Crippen LogP contribution in [0.25, 0.3) is 0 Å². The van der Waals surface area contributed by atoms with Gasteiger partial charge in [-0.15, -0.1) is 0 Å². The van der Waals surface area contributed by atoms with Crippen LogP contribution in [0.2, 0.25) is 0 Å². The first-order valence-electron chi connectivity index (χ1n) is 5.28. The Balaban J connectivity index is 3.81. The van der Waals surface area contributed by atoms with Crippen molar-refractivity contribution in [3.63, 3.8) is 0 Å². The molecule has 0 aromatic heterocycles. The molecule has 0 heterocycles. The lowest BCUT2D eigenvalue weighted by molar-refractivity contribution is -0.138. The Bertz CT molecular complexity index is 202. The molecule has 0 atom stereocenters. The molecule has 0 radical (unpaired) electrons. The van der Waals surface area contributed by atoms with Gasteiger partial charge in [0.25, 0.3) is 0 Å². The number of allylic oxidation sites excluding steroid dienone is 1. The van der Waals surface area contributed by atoms with E-state index < -0.39 is 0 Å². The van der Waals surface area contributed by atoms with Crippen LogP contribution in [0.1, 0.15) is 41.0 Å². The first-order chi connectivity index (χ1) is 6.43. The molecule has 2 nitrogen and oxygen atoms in total. The zero-order valence-electron chi connectivity index (χ0n) is 9.96. The molecule has 0 spiro atoms. The molecular formula is C12H22O2. The topological polar surface area (TPSA) is 26.3 Å². The van der Waals surface area contributed by atoms with Gasteiger partial charge in [-0.1, -0.05) is 33.3 Å². The molecule has 0 bridgehead atoms. The molecule has 2 heteroatoms. The quantitative estimate of drug-likeness (QED) is 0.501. The summed E-state index contributed by atoms with van der Waals surface area (Å²) in [4.78, 5) is 11.2. The van der Waals surface area contributed by atoms with Gasteiger partial charge in [0.15, 0.2) is 0 Å². The van der Waals surface area contributed by atoms with Crippen LogP contribution in [0, 0.1) is 11.8 Å². The van der Waals surface area contributed by atoms with Gasteiger partial charge in [0.2, 0.25) is 0 Å². The van der Waals surface area contributed by atoms with Crippen molar-refractivity contribution in [1.82, 2.24) is 0 Å². The van der Waals surface area contributed by atoms with Gasteiger partial charge in [0, 0.05) is 6.08 Å². The summed E-state index contributed by atoms with van der Waals surface area (Å²) in [6, 6.07) is 0. The van der Waals surface area contributed by atoms with E-state index in [1.807, 2.05) is 6.92 Å². The Kier molecular flexibility index (Phi) is 6.26. The Labute approximate surface area is 87.3 Å². The number of esters is 1. The van der Waals surface area contributed by atoms with Crippen LogP contribution in [0.5, 0.6) is 0 Å². The van der Waals surface area contributed by atoms with Crippen LogP contribution in [-0.4, -0.2) is 12.6 Å². The predicted octanol–water partition coefficient (Wildman–Crippen LogP) is 3.18. The Morgan fingerprint density at radius 3 is 2.29 bits per heavy atom. The van der Waals surface area contributed by atoms with Crippen molar-refractivity contribution >= 4 is 5.97 Å². The van der Waals surface area contributed by atoms with E-state index in [-0.39, 0.29) is 5.97 Å². The highest BCUT2D eigenvalue weighted by atomic mass is 16.5. The van der Waals surface area contributed by atoms with Crippen LogP contribution >= 0.6 is 0 Å². The van der Waals surface area contributed by atoms with Crippen molar-refractivity contribution in [1.29, 1.82) is 0 Å². The molecule has 0 aliphatic heterocycles. The molecular weight excluding hydrogens is 176 g/mol. The van der Waals surface area contributed by atoms with Crippen LogP contribution in [0.4, 0.5) is 0 Å². The molecule has 0 aromatic rings. The summed E-state index contributed by atoms with van der Waals surface area (Å²) in [6.45, 7) is 10.8. The average Bonchev–Trinajstić information content (AvgIpc) is 2.02. The molecule has 82 valence electrons. The summed E-state index contributed by atoms with van der Waals surface area (Å²) >= 11 is 0. The predicted molar refractivity (Wildman–Crippen MR) is 59.0 cm³/mol. The number of hydrogen-bond donors (Lipinski definition) is 0. The van der Waals surface area contributed by atoms with E-state index in [2.05, 4.69) is 27.7 Å². The van der Waals surface area contributed by atoms with E-state index >= 15 is 0 Å². The van der Waals surface area contributed by atoms with Crippen LogP contribution in [0.3, 0.4) is 0 Å². The van der Waals surface area contributed by atoms with Crippen molar-refractivity contribution in [2.45, 2.75) is 41.0 Å². The molecule has 14 heavy (non-hydrogen) atoms. The normalized spacial score (nSPS) is 12.4. The third-order valence-electron chi connectivity index (χ3n) is 2.20. The SMILES string of the molecule is C/C(=C\C(=O)OCCC(C)C)C(C)C. The maximum atomic E-state index is 11.2. The smallest absolute Gasteiger partial charge is 0.330 e. The zero-order chi connectivity index (χ0) is 11.1. The molecule has 0 N–H and O–H groups in total. The summed E-state index contributed by atoms with van der Waals surface area (Å²) in [5.41, 5.74) is 1.07. The number of carbonyl (C=O) groups excluding carboxylic acids is 1. The summed E-state index contributed by atoms with van der Waals surface area (Å²) in [6.07, 6.45) is 2.52. The summed E-state index contributed by atoms with van der Waals surface area (Å²) < 4.78 is 5.06. The fourth-order valence-corrected chi connectivity index (χ4v) is 0.789. The van der Waals surface area contributed by atoms with Crippen molar-refractivity contribution in [3.8, 4) is 0 Å². The van der Waals surface area contributed by atoms with E-state index in [9.17, 15) is 4.79 Å². The van der Waals surface area contributed by atoms with Crippen molar-refractivity contribution in [3.05, 3.63) is 11.6 Å². The van der Waals surface area contributed by atoms with E-state index in [0.717, 1.165) is 12.0 Å². The van der Waals surface area contributed by atoms with E-state index in [4.69, 9.17) is 4.74 Å². The minimum Gasteiger partial charge on any atom is -0.463 e. The Morgan fingerprint density at radius 2 is 1.86 bits per heavy atom. The summed E-state index contributed by atoms with van der Waals surface area (Å²) in [7, 11) is 0. The van der Waals surface area contributed by atoms with Gasteiger partial charge in [-0.2, -0.15) is 0 Å². The van der Waals surface area contributed by atoms with Crippen LogP contribution in [0.15, 0.2) is 11.6 Å². The van der Waals surface area contributed by atoms with Crippen molar-refractivity contribution < 1.29 is 9.53 Å². The van der Waals surface area contributed by atoms with Crippen molar-refractivity contribution in [2.75, 3.05) is 6.61 Å². The molecule has 0 saturated heterocycles. The highest BCUT2D eigenvalue weighted by Gasteiger charge is 2.03. The lowest BCUT2D eigenvalue weighted by atomic mass is 10.1. The highest BCUT2D eigenvalue weighted by molar-refractivity contribution is 5.82. The fraction of sp³-hybridized carbons (Fsp3) is 0.750. The Hall–Kier alpha value is -0.790. The lowest BCUT2D eigenvalue weighted by Crippen LogP contribution is -2.06. The zero-order valence-corrected chi connectivity index (χ0v) is 9.96. The molecule has 0 aliphatic rings. The summed E-state index contributed by atoms with van der Waals surface area (Å²) in [5.74, 6) is 0.780. The second kappa shape index (κ2) is 6.63. The molecule has 0 fully saturated rings. The number of rotatable bonds is 5. The first kappa shape index (κ1) is 13.2. The van der Waals surface area contributed by atoms with E-state index in [1.54, 1.807) is 6.08 Å². The van der Waals surface area contributed by atoms with Crippen molar-refractivity contribution in [2.24, 2.45) is 11.8 Å². The third kappa shape index (κ3) is 6.70. The first-order valence-corrected chi connectivity index (χ1v) is 5.28. The number of ether oxygens (including phenoxy) is 1. The fourth-order valence-electron chi connectivity index (χ4n) is 0.789. The largest absolute Gasteiger partial charge is 0.463 e. The van der Waals surface area contributed by atoms with E-state index in [0.29, 0.717) is 18.4 Å². The van der Waals surface area contributed by atoms with Gasteiger partial charge in [0.1, 0.15) is 0 Å². The second-order valence-corrected chi connectivity index (χ2v) is 4.39. The van der Waals surface area contributed by atoms with Gasteiger partial charge in [0.05, 0.1) is 6.61 Å². The van der Waals surface area contributed by atoms with Crippen LogP contribution in [-0.2, 0) is 9.53 Å². The maximum Gasteiger partial charge on any atom is 0.330 e. The molecule has 0 rings (SSSR count). The Morgan fingerprint density at radius 1 is 1.29 bits per heavy atom. The van der Waals surface area contributed by atoms with Gasteiger partial charge in [-0.25, -0.2) is 4.79 Å². The highest BCUT2D eigenvalue weighted by Crippen LogP contribution is 2.08. The molecule has 0 aliphatic carbocycles. The van der Waals surface area contributed by atoms with Crippen LogP contribution < -0.4 is 0 Å². The molecule has 0 saturated carbocycles. The number of hydrogen-bond acceptors (Lipinski definition) is 2. The average molecular weight is 198 g/mol. The minimum absolute atomic E-state index is 0.211. The maximum absolute atomic E-state index is 11.2. The standard InChI is InChI=1S/C12H22O2/c1-9(2)6-7-14-12(13)8-11(5)10(3)4/h8-10H,6-7H2,1-5H3/b11-8+. The van der Waals surface area contributed by atoms with E-state index in [1.165, 1.54) is 0 Å². The molecule has 0 aromatic carbocycles. The van der Waals surface area contributed by atoms with Gasteiger partial charge in [-0.05, 0) is 25.2 Å². The van der Waals surface area contributed by atoms with Gasteiger partial charge in [-0.3, -0.25) is 0 Å². The summed E-state index contributed by atoms with van der Waals surface area (Å²) in [5, 5.41) is 0. The molecule has 0 unspecified atom stereocenters. The monoisotopic (exact) mass is 198 g/mol. The minimum atomic E-state index is -0.211. The third-order valence-corrected chi connectivity index (χ3v) is 2.20.